The maximum absolute atomic E-state index is 13.3. The minimum absolute atomic E-state index is 0.243. The molecule has 11 heteroatoms. The summed E-state index contributed by atoms with van der Waals surface area (Å²) in [6.07, 6.45) is 2.71. The van der Waals surface area contributed by atoms with Gasteiger partial charge in [0.25, 0.3) is 5.56 Å². The van der Waals surface area contributed by atoms with E-state index in [4.69, 9.17) is 14.2 Å². The highest BCUT2D eigenvalue weighted by Gasteiger charge is 2.19. The van der Waals surface area contributed by atoms with Crippen molar-refractivity contribution in [3.8, 4) is 11.5 Å². The first-order valence-corrected chi connectivity index (χ1v) is 13.8. The fourth-order valence-electron chi connectivity index (χ4n) is 3.34. The molecule has 1 aromatic heterocycles. The summed E-state index contributed by atoms with van der Waals surface area (Å²) < 4.78 is 19.9. The van der Waals surface area contributed by atoms with Crippen LogP contribution in [-0.4, -0.2) is 41.2 Å². The largest absolute Gasteiger partial charge is 0.490 e. The molecule has 0 aliphatic rings. The van der Waals surface area contributed by atoms with Crippen LogP contribution in [0, 0.1) is 0 Å². The molecule has 0 radical (unpaired) electrons. The van der Waals surface area contributed by atoms with E-state index in [-0.39, 0.29) is 18.3 Å². The van der Waals surface area contributed by atoms with Crippen molar-refractivity contribution >= 4 is 70.9 Å². The van der Waals surface area contributed by atoms with Crippen LogP contribution >= 0.6 is 47.8 Å². The van der Waals surface area contributed by atoms with Crippen LogP contribution in [0.1, 0.15) is 45.5 Å². The molecule has 0 atom stereocenters. The summed E-state index contributed by atoms with van der Waals surface area (Å²) >= 11 is 10.5. The van der Waals surface area contributed by atoms with Gasteiger partial charge in [-0.3, -0.25) is 4.79 Å². The van der Waals surface area contributed by atoms with E-state index in [0.29, 0.717) is 55.8 Å². The summed E-state index contributed by atoms with van der Waals surface area (Å²) in [7, 11) is 0. The summed E-state index contributed by atoms with van der Waals surface area (Å²) in [6, 6.07) is 7.13. The molecule has 0 bridgehead atoms. The molecule has 0 spiro atoms. The van der Waals surface area contributed by atoms with Gasteiger partial charge >= 0.3 is 5.97 Å². The summed E-state index contributed by atoms with van der Waals surface area (Å²) in [5, 5.41) is 4.96. The van der Waals surface area contributed by atoms with Crippen molar-refractivity contribution in [1.29, 1.82) is 0 Å². The molecular weight excluding hydrogens is 662 g/mol. The Morgan fingerprint density at radius 1 is 1.14 bits per heavy atom. The van der Waals surface area contributed by atoms with E-state index in [1.165, 1.54) is 4.68 Å². The molecule has 36 heavy (non-hydrogen) atoms. The van der Waals surface area contributed by atoms with Gasteiger partial charge in [-0.05, 0) is 83.3 Å². The Kier molecular flexibility index (Phi) is 10.1. The topological polar surface area (TPSA) is 92.0 Å². The van der Waals surface area contributed by atoms with E-state index in [1.54, 1.807) is 32.2 Å². The number of aryl methyl sites for hydroxylation is 1. The summed E-state index contributed by atoms with van der Waals surface area (Å²) in [4.78, 5) is 29.9. The molecule has 0 aliphatic carbocycles. The Morgan fingerprint density at radius 3 is 2.56 bits per heavy atom. The molecule has 0 saturated heterocycles. The lowest BCUT2D eigenvalue weighted by molar-refractivity contribution is -0.149. The second-order valence-corrected chi connectivity index (χ2v) is 10.5. The average Bonchev–Trinajstić information content (AvgIpc) is 2.82. The van der Waals surface area contributed by atoms with Crippen molar-refractivity contribution in [3.63, 3.8) is 0 Å². The molecule has 1 heterocycles. The van der Waals surface area contributed by atoms with Crippen LogP contribution in [0.5, 0.6) is 11.5 Å². The van der Waals surface area contributed by atoms with E-state index in [9.17, 15) is 9.59 Å². The number of hydrogen-bond acceptors (Lipinski definition) is 7. The second kappa shape index (κ2) is 12.8. The van der Waals surface area contributed by atoms with E-state index in [1.807, 2.05) is 26.0 Å². The monoisotopic (exact) mass is 685 g/mol. The summed E-state index contributed by atoms with van der Waals surface area (Å²) in [6.45, 7) is 7.50. The van der Waals surface area contributed by atoms with Crippen molar-refractivity contribution in [2.24, 2.45) is 5.10 Å². The third kappa shape index (κ3) is 6.74. The van der Waals surface area contributed by atoms with E-state index >= 15 is 0 Å². The smallest absolute Gasteiger partial charge is 0.344 e. The van der Waals surface area contributed by atoms with Crippen LogP contribution in [0.2, 0.25) is 0 Å². The van der Waals surface area contributed by atoms with Crippen molar-refractivity contribution in [3.05, 3.63) is 59.4 Å². The molecule has 0 aliphatic heterocycles. The highest BCUT2D eigenvalue weighted by atomic mass is 79.9. The van der Waals surface area contributed by atoms with Gasteiger partial charge in [0.15, 0.2) is 18.1 Å². The van der Waals surface area contributed by atoms with Crippen molar-refractivity contribution in [2.75, 3.05) is 13.2 Å². The SMILES string of the molecule is CCCc1nc2ccc(Br)cc2c(=O)n1N=Cc1cc(OCC)c(OCC(=O)OC(C)C)c(Br)c1Br. The zero-order valence-electron chi connectivity index (χ0n) is 20.3. The molecule has 3 aromatic rings. The molecule has 2 aromatic carbocycles. The predicted octanol–water partition coefficient (Wildman–Crippen LogP) is 6.25. The van der Waals surface area contributed by atoms with Crippen molar-refractivity contribution < 1.29 is 19.0 Å². The van der Waals surface area contributed by atoms with Gasteiger partial charge in [-0.15, -0.1) is 0 Å². The molecule has 3 rings (SSSR count). The minimum Gasteiger partial charge on any atom is -0.490 e. The number of carbonyl (C=O) groups excluding carboxylic acids is 1. The van der Waals surface area contributed by atoms with Crippen LogP contribution in [0.3, 0.4) is 0 Å². The molecule has 192 valence electrons. The van der Waals surface area contributed by atoms with Gasteiger partial charge < -0.3 is 14.2 Å². The van der Waals surface area contributed by atoms with Gasteiger partial charge in [-0.25, -0.2) is 9.78 Å². The first-order chi connectivity index (χ1) is 17.2. The number of nitrogens with zero attached hydrogens (tertiary/aromatic N) is 3. The number of carbonyl (C=O) groups is 1. The first kappa shape index (κ1) is 28.3. The van der Waals surface area contributed by atoms with Gasteiger partial charge in [-0.1, -0.05) is 22.9 Å². The third-order valence-corrected chi connectivity index (χ3v) is 7.45. The highest BCUT2D eigenvalue weighted by Crippen LogP contribution is 2.42. The lowest BCUT2D eigenvalue weighted by Crippen LogP contribution is -2.22. The van der Waals surface area contributed by atoms with Crippen LogP contribution < -0.4 is 15.0 Å². The Labute approximate surface area is 234 Å². The van der Waals surface area contributed by atoms with Crippen molar-refractivity contribution in [1.82, 2.24) is 9.66 Å². The molecule has 0 N–H and O–H groups in total. The normalized spacial score (nSPS) is 11.4. The van der Waals surface area contributed by atoms with Crippen LogP contribution in [-0.2, 0) is 16.0 Å². The van der Waals surface area contributed by atoms with Crippen molar-refractivity contribution in [2.45, 2.75) is 46.6 Å². The van der Waals surface area contributed by atoms with Gasteiger partial charge in [0.05, 0.1) is 34.3 Å². The zero-order chi connectivity index (χ0) is 26.4. The zero-order valence-corrected chi connectivity index (χ0v) is 25.1. The fraction of sp³-hybridized carbons (Fsp3) is 0.360. The second-order valence-electron chi connectivity index (χ2n) is 7.98. The maximum atomic E-state index is 13.3. The number of halogens is 3. The number of hydrogen-bond donors (Lipinski definition) is 0. The van der Waals surface area contributed by atoms with Gasteiger partial charge in [-0.2, -0.15) is 9.78 Å². The van der Waals surface area contributed by atoms with E-state index < -0.39 is 5.97 Å². The summed E-state index contributed by atoms with van der Waals surface area (Å²) in [5.41, 5.74) is 0.995. The third-order valence-electron chi connectivity index (χ3n) is 4.82. The molecule has 0 fully saturated rings. The van der Waals surface area contributed by atoms with Crippen LogP contribution in [0.4, 0.5) is 0 Å². The predicted molar refractivity (Wildman–Crippen MR) is 150 cm³/mol. The molecule has 8 nitrogen and oxygen atoms in total. The number of rotatable bonds is 10. The van der Waals surface area contributed by atoms with Crippen LogP contribution in [0.25, 0.3) is 10.9 Å². The standard InChI is InChI=1S/C25H26Br3N3O5/c1-5-7-20-30-18-9-8-16(26)11-17(18)25(33)31(20)29-12-15-10-19(34-6-2)24(23(28)22(15)27)35-13-21(32)36-14(3)4/h8-12,14H,5-7,13H2,1-4H3. The minimum atomic E-state index is -0.487. The molecule has 0 saturated carbocycles. The average molecular weight is 688 g/mol. The van der Waals surface area contributed by atoms with E-state index in [0.717, 1.165) is 10.9 Å². The Hall–Kier alpha value is -2.24. The van der Waals surface area contributed by atoms with Gasteiger partial charge in [0.1, 0.15) is 5.82 Å². The number of esters is 1. The quantitative estimate of drug-likeness (QED) is 0.185. The Balaban J connectivity index is 2.04. The number of fused-ring (bicyclic) bond motifs is 1. The molecular formula is C25H26Br3N3O5. The Bertz CT molecular complexity index is 1360. The maximum Gasteiger partial charge on any atom is 0.344 e. The fourth-order valence-corrected chi connectivity index (χ4v) is 4.64. The molecule has 0 amide bonds. The number of benzene rings is 2. The lowest BCUT2D eigenvalue weighted by Gasteiger charge is -2.16. The number of ether oxygens (including phenoxy) is 3. The van der Waals surface area contributed by atoms with Gasteiger partial charge in [0.2, 0.25) is 0 Å². The summed E-state index contributed by atoms with van der Waals surface area (Å²) in [5.74, 6) is 0.840. The highest BCUT2D eigenvalue weighted by molar-refractivity contribution is 9.13. The van der Waals surface area contributed by atoms with Gasteiger partial charge in [0, 0.05) is 20.9 Å². The van der Waals surface area contributed by atoms with Crippen LogP contribution in [0.15, 0.2) is 47.6 Å². The Morgan fingerprint density at radius 2 is 1.89 bits per heavy atom. The van der Waals surface area contributed by atoms with E-state index in [2.05, 4.69) is 57.9 Å². The number of aromatic nitrogens is 2. The first-order valence-electron chi connectivity index (χ1n) is 11.4. The lowest BCUT2D eigenvalue weighted by atomic mass is 10.2. The molecule has 0 unspecified atom stereocenters.